The molecule has 30 heavy (non-hydrogen) atoms. The molecule has 0 atom stereocenters. The summed E-state index contributed by atoms with van der Waals surface area (Å²) in [5.74, 6) is -0.347. The number of aromatic nitrogens is 2. The quantitative estimate of drug-likeness (QED) is 0.471. The smallest absolute Gasteiger partial charge is 0.325 e. The van der Waals surface area contributed by atoms with Gasteiger partial charge in [-0.15, -0.1) is 11.3 Å². The predicted octanol–water partition coefficient (Wildman–Crippen LogP) is 4.23. The predicted molar refractivity (Wildman–Crippen MR) is 124 cm³/mol. The van der Waals surface area contributed by atoms with E-state index in [-0.39, 0.29) is 18.0 Å². The minimum absolute atomic E-state index is 0.201. The molecule has 0 saturated heterocycles. The van der Waals surface area contributed by atoms with Gasteiger partial charge in [-0.1, -0.05) is 28.1 Å². The maximum absolute atomic E-state index is 13.2. The van der Waals surface area contributed by atoms with Crippen LogP contribution >= 0.6 is 27.3 Å². The Morgan fingerprint density at radius 2 is 1.90 bits per heavy atom. The second kappa shape index (κ2) is 8.04. The van der Waals surface area contributed by atoms with E-state index in [1.807, 2.05) is 32.0 Å². The Morgan fingerprint density at radius 1 is 1.10 bits per heavy atom. The Labute approximate surface area is 184 Å². The summed E-state index contributed by atoms with van der Waals surface area (Å²) in [6.45, 7) is 3.62. The zero-order valence-corrected chi connectivity index (χ0v) is 18.7. The van der Waals surface area contributed by atoms with Crippen molar-refractivity contribution in [3.05, 3.63) is 90.3 Å². The molecule has 152 valence electrons. The molecule has 2 heterocycles. The molecule has 2 aromatic carbocycles. The van der Waals surface area contributed by atoms with Gasteiger partial charge in [-0.05, 0) is 66.8 Å². The molecule has 0 saturated carbocycles. The molecule has 0 bridgehead atoms. The molecule has 0 aliphatic carbocycles. The van der Waals surface area contributed by atoms with E-state index in [1.54, 1.807) is 35.7 Å². The third kappa shape index (κ3) is 3.76. The van der Waals surface area contributed by atoms with Crippen molar-refractivity contribution in [3.63, 3.8) is 0 Å². The van der Waals surface area contributed by atoms with Crippen LogP contribution in [0.15, 0.2) is 68.0 Å². The van der Waals surface area contributed by atoms with Gasteiger partial charge in [0.1, 0.15) is 11.2 Å². The fourth-order valence-corrected chi connectivity index (χ4v) is 4.37. The highest BCUT2D eigenvalue weighted by atomic mass is 79.9. The monoisotopic (exact) mass is 483 g/mol. The van der Waals surface area contributed by atoms with E-state index in [9.17, 15) is 14.4 Å². The van der Waals surface area contributed by atoms with Crippen LogP contribution in [0.1, 0.15) is 11.1 Å². The van der Waals surface area contributed by atoms with Gasteiger partial charge in [0.15, 0.2) is 0 Å². The number of rotatable bonds is 4. The highest BCUT2D eigenvalue weighted by molar-refractivity contribution is 9.10. The molecule has 0 fully saturated rings. The van der Waals surface area contributed by atoms with Gasteiger partial charge in [-0.3, -0.25) is 14.2 Å². The number of carbonyl (C=O) groups excluding carboxylic acids is 1. The summed E-state index contributed by atoms with van der Waals surface area (Å²) in [4.78, 5) is 38.9. The van der Waals surface area contributed by atoms with Gasteiger partial charge in [0.05, 0.1) is 11.2 Å². The number of hydrogen-bond donors (Lipinski definition) is 1. The first-order valence-electron chi connectivity index (χ1n) is 9.21. The summed E-state index contributed by atoms with van der Waals surface area (Å²) >= 11 is 4.69. The number of hydrogen-bond acceptors (Lipinski definition) is 4. The van der Waals surface area contributed by atoms with Crippen molar-refractivity contribution in [2.45, 2.75) is 20.4 Å². The van der Waals surface area contributed by atoms with Crippen LogP contribution in [0.4, 0.5) is 5.69 Å². The maximum atomic E-state index is 13.2. The molecule has 0 aliphatic rings. The first-order chi connectivity index (χ1) is 14.3. The van der Waals surface area contributed by atoms with Gasteiger partial charge in [-0.2, -0.15) is 0 Å². The first-order valence-corrected chi connectivity index (χ1v) is 10.9. The van der Waals surface area contributed by atoms with E-state index < -0.39 is 5.69 Å². The summed E-state index contributed by atoms with van der Waals surface area (Å²) < 4.78 is 3.85. The number of aryl methyl sites for hydroxylation is 2. The minimum Gasteiger partial charge on any atom is -0.325 e. The van der Waals surface area contributed by atoms with E-state index in [1.165, 1.54) is 15.9 Å². The standard InChI is InChI=1S/C22H18BrN3O3S/c1-13-4-3-5-16(10-13)26-21(28)20-18(8-9-30-20)25(22(26)29)12-19(27)24-15-6-7-17(23)14(2)11-15/h3-11H,12H2,1-2H3,(H,24,27). The van der Waals surface area contributed by atoms with E-state index >= 15 is 0 Å². The highest BCUT2D eigenvalue weighted by Gasteiger charge is 2.17. The second-order valence-corrected chi connectivity index (χ2v) is 8.77. The number of thiophene rings is 1. The number of amides is 1. The zero-order valence-electron chi connectivity index (χ0n) is 16.3. The number of fused-ring (bicyclic) bond motifs is 1. The van der Waals surface area contributed by atoms with Crippen LogP contribution in [-0.4, -0.2) is 15.0 Å². The van der Waals surface area contributed by atoms with Gasteiger partial charge in [0.25, 0.3) is 5.56 Å². The lowest BCUT2D eigenvalue weighted by Gasteiger charge is -2.13. The summed E-state index contributed by atoms with van der Waals surface area (Å²) in [5.41, 5.74) is 2.58. The normalized spacial score (nSPS) is 11.0. The van der Waals surface area contributed by atoms with Crippen LogP contribution in [0.2, 0.25) is 0 Å². The van der Waals surface area contributed by atoms with E-state index in [0.29, 0.717) is 21.6 Å². The molecule has 6 nitrogen and oxygen atoms in total. The van der Waals surface area contributed by atoms with Gasteiger partial charge in [-0.25, -0.2) is 9.36 Å². The number of benzene rings is 2. The molecular weight excluding hydrogens is 466 g/mol. The van der Waals surface area contributed by atoms with Gasteiger partial charge in [0.2, 0.25) is 5.91 Å². The lowest BCUT2D eigenvalue weighted by atomic mass is 10.2. The van der Waals surface area contributed by atoms with Crippen molar-refractivity contribution in [2.24, 2.45) is 0 Å². The maximum Gasteiger partial charge on any atom is 0.336 e. The molecule has 0 unspecified atom stereocenters. The summed E-state index contributed by atoms with van der Waals surface area (Å²) in [5, 5.41) is 4.57. The molecule has 2 aromatic heterocycles. The number of anilines is 1. The van der Waals surface area contributed by atoms with E-state index in [0.717, 1.165) is 20.2 Å². The first kappa shape index (κ1) is 20.3. The number of nitrogens with one attached hydrogen (secondary N) is 1. The minimum atomic E-state index is -0.543. The molecular formula is C22H18BrN3O3S. The van der Waals surface area contributed by atoms with Gasteiger partial charge >= 0.3 is 5.69 Å². The Hall–Kier alpha value is -2.97. The molecule has 4 rings (SSSR count). The Kier molecular flexibility index (Phi) is 5.44. The third-order valence-electron chi connectivity index (χ3n) is 4.76. The van der Waals surface area contributed by atoms with E-state index in [4.69, 9.17) is 0 Å². The lowest BCUT2D eigenvalue weighted by Crippen LogP contribution is -2.40. The van der Waals surface area contributed by atoms with Crippen molar-refractivity contribution in [2.75, 3.05) is 5.32 Å². The lowest BCUT2D eigenvalue weighted by molar-refractivity contribution is -0.116. The zero-order chi connectivity index (χ0) is 21.4. The average Bonchev–Trinajstić information content (AvgIpc) is 3.18. The number of halogens is 1. The van der Waals surface area contributed by atoms with Crippen LogP contribution in [0.5, 0.6) is 0 Å². The van der Waals surface area contributed by atoms with Crippen molar-refractivity contribution >= 4 is 49.1 Å². The summed E-state index contributed by atoms with van der Waals surface area (Å²) in [6, 6.07) is 14.4. The Bertz CT molecular complexity index is 1400. The molecule has 8 heteroatoms. The largest absolute Gasteiger partial charge is 0.336 e. The fraction of sp³-hybridized carbons (Fsp3) is 0.136. The third-order valence-corrected chi connectivity index (χ3v) is 6.54. The molecule has 0 spiro atoms. The highest BCUT2D eigenvalue weighted by Crippen LogP contribution is 2.20. The fourth-order valence-electron chi connectivity index (χ4n) is 3.30. The van der Waals surface area contributed by atoms with Crippen molar-refractivity contribution in [3.8, 4) is 5.69 Å². The van der Waals surface area contributed by atoms with E-state index in [2.05, 4.69) is 21.2 Å². The second-order valence-electron chi connectivity index (χ2n) is 7.00. The Balaban J connectivity index is 1.78. The van der Waals surface area contributed by atoms with Crippen LogP contribution in [-0.2, 0) is 11.3 Å². The molecule has 0 radical (unpaired) electrons. The number of carbonyl (C=O) groups is 1. The van der Waals surface area contributed by atoms with Gasteiger partial charge in [0, 0.05) is 10.2 Å². The molecule has 0 aliphatic heterocycles. The molecule has 1 N–H and O–H groups in total. The molecule has 1 amide bonds. The topological polar surface area (TPSA) is 73.1 Å². The van der Waals surface area contributed by atoms with Gasteiger partial charge < -0.3 is 5.32 Å². The Morgan fingerprint density at radius 3 is 2.63 bits per heavy atom. The van der Waals surface area contributed by atoms with Crippen molar-refractivity contribution in [1.82, 2.24) is 9.13 Å². The van der Waals surface area contributed by atoms with Crippen LogP contribution < -0.4 is 16.6 Å². The van der Waals surface area contributed by atoms with Crippen LogP contribution in [0.25, 0.3) is 15.9 Å². The summed E-state index contributed by atoms with van der Waals surface area (Å²) in [6.07, 6.45) is 0. The van der Waals surface area contributed by atoms with Crippen molar-refractivity contribution < 1.29 is 4.79 Å². The summed E-state index contributed by atoms with van der Waals surface area (Å²) in [7, 11) is 0. The average molecular weight is 484 g/mol. The molecule has 4 aromatic rings. The van der Waals surface area contributed by atoms with Crippen LogP contribution in [0, 0.1) is 13.8 Å². The van der Waals surface area contributed by atoms with Crippen LogP contribution in [0.3, 0.4) is 0 Å². The number of nitrogens with zero attached hydrogens (tertiary/aromatic N) is 2. The van der Waals surface area contributed by atoms with Crippen molar-refractivity contribution in [1.29, 1.82) is 0 Å². The SMILES string of the molecule is Cc1cccc(-n2c(=O)c3sccc3n(CC(=O)Nc3ccc(Br)c(C)c3)c2=O)c1.